The second kappa shape index (κ2) is 6.26. The Hall–Kier alpha value is -1.75. The van der Waals surface area contributed by atoms with E-state index in [9.17, 15) is 9.59 Å². The van der Waals surface area contributed by atoms with E-state index in [1.807, 2.05) is 12.1 Å². The Labute approximate surface area is 110 Å². The van der Waals surface area contributed by atoms with Gasteiger partial charge in [-0.3, -0.25) is 4.79 Å². The number of carbonyl (C=O) groups is 2. The van der Waals surface area contributed by atoms with E-state index in [0.717, 1.165) is 5.56 Å². The molecule has 1 aromatic carbocycles. The quantitative estimate of drug-likeness (QED) is 0.879. The van der Waals surface area contributed by atoms with Gasteiger partial charge in [-0.15, -0.1) is 0 Å². The molecule has 2 N–H and O–H groups in total. The summed E-state index contributed by atoms with van der Waals surface area (Å²) in [6.07, 6.45) is 0. The lowest BCUT2D eigenvalue weighted by Gasteiger charge is -2.20. The number of rotatable bonds is 4. The second-order valence-corrected chi connectivity index (χ2v) is 4.36. The summed E-state index contributed by atoms with van der Waals surface area (Å²) in [4.78, 5) is 23.7. The molecule has 0 bridgehead atoms. The van der Waals surface area contributed by atoms with E-state index in [4.69, 9.17) is 16.7 Å². The number of hydrogen-bond donors (Lipinski definition) is 2. The molecule has 1 aromatic rings. The minimum absolute atomic E-state index is 0.317. The van der Waals surface area contributed by atoms with E-state index < -0.39 is 18.0 Å². The van der Waals surface area contributed by atoms with E-state index in [0.29, 0.717) is 11.6 Å². The van der Waals surface area contributed by atoms with Crippen LogP contribution in [0, 0.1) is 0 Å². The molecule has 1 atom stereocenters. The highest BCUT2D eigenvalue weighted by atomic mass is 35.5. The van der Waals surface area contributed by atoms with Crippen LogP contribution >= 0.6 is 11.6 Å². The molecule has 0 unspecified atom stereocenters. The topological polar surface area (TPSA) is 69.6 Å². The summed E-state index contributed by atoms with van der Waals surface area (Å²) in [5, 5.41) is 11.6. The number of nitrogens with zero attached hydrogens (tertiary/aromatic N) is 1. The molecule has 0 saturated heterocycles. The molecule has 0 aromatic heterocycles. The van der Waals surface area contributed by atoms with E-state index >= 15 is 0 Å². The van der Waals surface area contributed by atoms with Crippen molar-refractivity contribution in [1.29, 1.82) is 0 Å². The number of carbonyl (C=O) groups excluding carboxylic acids is 1. The highest BCUT2D eigenvalue weighted by Crippen LogP contribution is 2.16. The molecule has 18 heavy (non-hydrogen) atoms. The van der Waals surface area contributed by atoms with Crippen molar-refractivity contribution in [1.82, 2.24) is 10.2 Å². The third-order valence-corrected chi connectivity index (χ3v) is 2.79. The maximum Gasteiger partial charge on any atom is 0.325 e. The third kappa shape index (κ3) is 3.92. The first-order valence-corrected chi connectivity index (χ1v) is 5.77. The second-order valence-electron chi connectivity index (χ2n) is 3.96. The van der Waals surface area contributed by atoms with Crippen molar-refractivity contribution >= 4 is 23.6 Å². The zero-order valence-electron chi connectivity index (χ0n) is 10.2. The van der Waals surface area contributed by atoms with Crippen molar-refractivity contribution in [3.05, 3.63) is 34.9 Å². The molecule has 0 heterocycles. The van der Waals surface area contributed by atoms with Crippen LogP contribution in [0.5, 0.6) is 0 Å². The number of halogens is 1. The average molecular weight is 271 g/mol. The van der Waals surface area contributed by atoms with Crippen molar-refractivity contribution in [3.8, 4) is 0 Å². The van der Waals surface area contributed by atoms with Gasteiger partial charge in [-0.25, -0.2) is 4.79 Å². The van der Waals surface area contributed by atoms with E-state index in [1.54, 1.807) is 19.2 Å². The molecule has 0 aliphatic carbocycles. The Balaban J connectivity index is 2.60. The van der Waals surface area contributed by atoms with Gasteiger partial charge in [0.05, 0.1) is 0 Å². The molecule has 0 fully saturated rings. The lowest BCUT2D eigenvalue weighted by atomic mass is 10.2. The fourth-order valence-corrected chi connectivity index (χ4v) is 1.51. The Morgan fingerprint density at radius 2 is 2.06 bits per heavy atom. The molecule has 0 aliphatic heterocycles. The van der Waals surface area contributed by atoms with Crippen LogP contribution in [-0.4, -0.2) is 35.1 Å². The predicted octanol–water partition coefficient (Wildman–Crippen LogP) is 1.95. The number of nitrogens with one attached hydrogen (secondary N) is 1. The van der Waals surface area contributed by atoms with Crippen LogP contribution in [0.1, 0.15) is 12.5 Å². The Morgan fingerprint density at radius 1 is 1.44 bits per heavy atom. The fraction of sp³-hybridized carbons (Fsp3) is 0.333. The van der Waals surface area contributed by atoms with Gasteiger partial charge in [0.2, 0.25) is 0 Å². The summed E-state index contributed by atoms with van der Waals surface area (Å²) < 4.78 is 0. The van der Waals surface area contributed by atoms with Gasteiger partial charge in [-0.1, -0.05) is 29.8 Å². The molecule has 0 saturated carbocycles. The zero-order valence-corrected chi connectivity index (χ0v) is 10.9. The lowest BCUT2D eigenvalue weighted by Crippen LogP contribution is -2.44. The molecule has 0 aliphatic rings. The smallest absolute Gasteiger partial charge is 0.325 e. The van der Waals surface area contributed by atoms with Crippen LogP contribution in [0.15, 0.2) is 24.3 Å². The summed E-state index contributed by atoms with van der Waals surface area (Å²) in [6, 6.07) is 5.80. The van der Waals surface area contributed by atoms with Gasteiger partial charge in [0.1, 0.15) is 6.04 Å². The van der Waals surface area contributed by atoms with Gasteiger partial charge in [0.25, 0.3) is 0 Å². The first-order valence-electron chi connectivity index (χ1n) is 5.39. The maximum absolute atomic E-state index is 11.7. The number of benzene rings is 1. The first kappa shape index (κ1) is 14.3. The van der Waals surface area contributed by atoms with Gasteiger partial charge < -0.3 is 15.3 Å². The Kier molecular flexibility index (Phi) is 4.97. The first-order chi connectivity index (χ1) is 8.41. The van der Waals surface area contributed by atoms with Crippen molar-refractivity contribution in [2.45, 2.75) is 19.5 Å². The molecular formula is C12H15ClN2O3. The van der Waals surface area contributed by atoms with Gasteiger partial charge in [-0.2, -0.15) is 0 Å². The summed E-state index contributed by atoms with van der Waals surface area (Å²) in [5.41, 5.74) is 0.805. The molecule has 98 valence electrons. The van der Waals surface area contributed by atoms with Gasteiger partial charge in [-0.05, 0) is 18.6 Å². The van der Waals surface area contributed by atoms with Crippen LogP contribution in [0.4, 0.5) is 4.79 Å². The zero-order chi connectivity index (χ0) is 13.7. The Morgan fingerprint density at radius 3 is 2.61 bits per heavy atom. The molecular weight excluding hydrogens is 256 g/mol. The molecule has 2 amide bonds. The molecule has 0 radical (unpaired) electrons. The normalized spacial score (nSPS) is 11.7. The highest BCUT2D eigenvalue weighted by molar-refractivity contribution is 6.31. The molecule has 6 heteroatoms. The Bertz CT molecular complexity index is 451. The van der Waals surface area contributed by atoms with Crippen molar-refractivity contribution < 1.29 is 14.7 Å². The SMILES string of the molecule is C[C@H](NC(=O)N(C)Cc1ccccc1Cl)C(=O)O. The number of carboxylic acids is 1. The number of aliphatic carboxylic acids is 1. The summed E-state index contributed by atoms with van der Waals surface area (Å²) >= 11 is 5.98. The van der Waals surface area contributed by atoms with Gasteiger partial charge >= 0.3 is 12.0 Å². The molecule has 0 spiro atoms. The highest BCUT2D eigenvalue weighted by Gasteiger charge is 2.17. The maximum atomic E-state index is 11.7. The largest absolute Gasteiger partial charge is 0.480 e. The van der Waals surface area contributed by atoms with Crippen molar-refractivity contribution in [2.75, 3.05) is 7.05 Å². The van der Waals surface area contributed by atoms with E-state index in [1.165, 1.54) is 11.8 Å². The monoisotopic (exact) mass is 270 g/mol. The summed E-state index contributed by atoms with van der Waals surface area (Å²) in [5.74, 6) is -1.07. The van der Waals surface area contributed by atoms with E-state index in [2.05, 4.69) is 5.32 Å². The van der Waals surface area contributed by atoms with Crippen molar-refractivity contribution in [2.24, 2.45) is 0 Å². The van der Waals surface area contributed by atoms with Crippen LogP contribution < -0.4 is 5.32 Å². The summed E-state index contributed by atoms with van der Waals surface area (Å²) in [7, 11) is 1.58. The number of amides is 2. The minimum atomic E-state index is -1.07. The molecule has 1 rings (SSSR count). The van der Waals surface area contributed by atoms with Crippen LogP contribution in [0.25, 0.3) is 0 Å². The van der Waals surface area contributed by atoms with Crippen LogP contribution in [0.2, 0.25) is 5.02 Å². The van der Waals surface area contributed by atoms with Crippen molar-refractivity contribution in [3.63, 3.8) is 0 Å². The van der Waals surface area contributed by atoms with Gasteiger partial charge in [0.15, 0.2) is 0 Å². The van der Waals surface area contributed by atoms with E-state index in [-0.39, 0.29) is 0 Å². The lowest BCUT2D eigenvalue weighted by molar-refractivity contribution is -0.138. The number of carboxylic acid groups (broad SMARTS) is 1. The van der Waals surface area contributed by atoms with Crippen LogP contribution in [-0.2, 0) is 11.3 Å². The fourth-order valence-electron chi connectivity index (χ4n) is 1.31. The average Bonchev–Trinajstić information content (AvgIpc) is 2.31. The number of hydrogen-bond acceptors (Lipinski definition) is 2. The minimum Gasteiger partial charge on any atom is -0.480 e. The van der Waals surface area contributed by atoms with Crippen LogP contribution in [0.3, 0.4) is 0 Å². The predicted molar refractivity (Wildman–Crippen MR) is 68.5 cm³/mol. The number of urea groups is 1. The van der Waals surface area contributed by atoms with Gasteiger partial charge in [0, 0.05) is 18.6 Å². The third-order valence-electron chi connectivity index (χ3n) is 2.42. The standard InChI is InChI=1S/C12H15ClN2O3/c1-8(11(16)17)14-12(18)15(2)7-9-5-3-4-6-10(9)13/h3-6,8H,7H2,1-2H3,(H,14,18)(H,16,17)/t8-/m0/s1. The molecule has 5 nitrogen and oxygen atoms in total. The summed E-state index contributed by atoms with van der Waals surface area (Å²) in [6.45, 7) is 1.72.